The fourth-order valence-corrected chi connectivity index (χ4v) is 1.62. The van der Waals surface area contributed by atoms with E-state index in [0.29, 0.717) is 12.3 Å². The van der Waals surface area contributed by atoms with Crippen molar-refractivity contribution >= 4 is 12.0 Å². The molecule has 2 amide bonds. The fourth-order valence-electron chi connectivity index (χ4n) is 1.62. The average molecular weight is 283 g/mol. The number of hydrogen-bond acceptors (Lipinski definition) is 4. The second-order valence-electron chi connectivity index (χ2n) is 4.43. The summed E-state index contributed by atoms with van der Waals surface area (Å²) in [6.07, 6.45) is 4.38. The molecule has 7 nitrogen and oxygen atoms in total. The quantitative estimate of drug-likeness (QED) is 0.673. The number of hydrogen-bond donors (Lipinski definition) is 3. The first-order chi connectivity index (χ1) is 9.56. The van der Waals surface area contributed by atoms with Crippen LogP contribution in [0.1, 0.15) is 44.8 Å². The molecule has 1 atom stereocenters. The standard InChI is InChI=1S/C13H21N3O4/c1-3-5-6-10(12(17)18)16-13(19)15-8-11-14-7-9(4-2)20-11/h7,10H,3-6,8H2,1-2H3,(H,17,18)(H2,15,16,19)/t10-/m0/s1. The SMILES string of the molecule is CCCC[C@H](NC(=O)NCc1ncc(CC)o1)C(=O)O. The Balaban J connectivity index is 2.39. The van der Waals surface area contributed by atoms with Crippen LogP contribution in [0.4, 0.5) is 4.79 Å². The Morgan fingerprint density at radius 2 is 2.20 bits per heavy atom. The normalized spacial score (nSPS) is 11.9. The predicted octanol–water partition coefficient (Wildman–Crippen LogP) is 1.68. The Kier molecular flexibility index (Phi) is 6.55. The van der Waals surface area contributed by atoms with Crippen molar-refractivity contribution in [2.75, 3.05) is 0 Å². The molecule has 0 saturated carbocycles. The Morgan fingerprint density at radius 3 is 2.75 bits per heavy atom. The van der Waals surface area contributed by atoms with Crippen molar-refractivity contribution in [3.05, 3.63) is 17.8 Å². The summed E-state index contributed by atoms with van der Waals surface area (Å²) in [5.74, 6) is 0.115. The molecule has 0 spiro atoms. The third-order valence-corrected chi connectivity index (χ3v) is 2.80. The number of amides is 2. The average Bonchev–Trinajstić information content (AvgIpc) is 2.88. The van der Waals surface area contributed by atoms with Gasteiger partial charge in [-0.25, -0.2) is 14.6 Å². The van der Waals surface area contributed by atoms with Crippen LogP contribution in [0, 0.1) is 0 Å². The number of rotatable bonds is 8. The summed E-state index contributed by atoms with van der Waals surface area (Å²) in [7, 11) is 0. The van der Waals surface area contributed by atoms with Crippen LogP contribution in [-0.2, 0) is 17.8 Å². The summed E-state index contributed by atoms with van der Waals surface area (Å²) in [5.41, 5.74) is 0. The first-order valence-corrected chi connectivity index (χ1v) is 6.77. The van der Waals surface area contributed by atoms with Gasteiger partial charge in [-0.2, -0.15) is 0 Å². The van der Waals surface area contributed by atoms with Crippen LogP contribution in [0.5, 0.6) is 0 Å². The van der Waals surface area contributed by atoms with Gasteiger partial charge in [-0.3, -0.25) is 0 Å². The summed E-state index contributed by atoms with van der Waals surface area (Å²) in [6.45, 7) is 4.04. The topological polar surface area (TPSA) is 104 Å². The molecule has 0 aliphatic carbocycles. The van der Waals surface area contributed by atoms with Crippen molar-refractivity contribution in [3.8, 4) is 0 Å². The highest BCUT2D eigenvalue weighted by atomic mass is 16.4. The maximum Gasteiger partial charge on any atom is 0.326 e. The van der Waals surface area contributed by atoms with Gasteiger partial charge in [-0.15, -0.1) is 0 Å². The first kappa shape index (κ1) is 16.0. The number of nitrogens with one attached hydrogen (secondary N) is 2. The van der Waals surface area contributed by atoms with Crippen LogP contribution in [0.2, 0.25) is 0 Å². The summed E-state index contributed by atoms with van der Waals surface area (Å²) in [4.78, 5) is 26.6. The molecule has 0 unspecified atom stereocenters. The van der Waals surface area contributed by atoms with Gasteiger partial charge in [0, 0.05) is 6.42 Å². The number of carbonyl (C=O) groups excluding carboxylic acids is 1. The molecule has 0 saturated heterocycles. The molecule has 1 aromatic rings. The van der Waals surface area contributed by atoms with E-state index in [0.717, 1.165) is 25.0 Å². The van der Waals surface area contributed by atoms with Crippen molar-refractivity contribution in [1.29, 1.82) is 0 Å². The maximum absolute atomic E-state index is 11.6. The molecule has 1 aromatic heterocycles. The number of aromatic nitrogens is 1. The van der Waals surface area contributed by atoms with Crippen LogP contribution < -0.4 is 10.6 Å². The minimum atomic E-state index is -1.03. The molecular formula is C13H21N3O4. The van der Waals surface area contributed by atoms with Crippen LogP contribution in [-0.4, -0.2) is 28.1 Å². The smallest absolute Gasteiger partial charge is 0.326 e. The van der Waals surface area contributed by atoms with E-state index in [-0.39, 0.29) is 6.54 Å². The number of carboxylic acid groups (broad SMARTS) is 1. The van der Waals surface area contributed by atoms with Gasteiger partial charge in [0.1, 0.15) is 11.8 Å². The molecule has 7 heteroatoms. The summed E-state index contributed by atoms with van der Waals surface area (Å²) >= 11 is 0. The van der Waals surface area contributed by atoms with Gasteiger partial charge in [0.2, 0.25) is 5.89 Å². The number of carbonyl (C=O) groups is 2. The van der Waals surface area contributed by atoms with Gasteiger partial charge < -0.3 is 20.2 Å². The minimum absolute atomic E-state index is 0.131. The molecule has 0 aliphatic heterocycles. The summed E-state index contributed by atoms with van der Waals surface area (Å²) in [6, 6.07) is -1.41. The zero-order valence-corrected chi connectivity index (χ0v) is 11.8. The van der Waals surface area contributed by atoms with Gasteiger partial charge in [0.25, 0.3) is 0 Å². The van der Waals surface area contributed by atoms with Gasteiger partial charge in [-0.05, 0) is 6.42 Å². The second kappa shape index (κ2) is 8.19. The third kappa shape index (κ3) is 5.29. The molecule has 3 N–H and O–H groups in total. The lowest BCUT2D eigenvalue weighted by Crippen LogP contribution is -2.45. The minimum Gasteiger partial charge on any atom is -0.480 e. The zero-order valence-electron chi connectivity index (χ0n) is 11.8. The van der Waals surface area contributed by atoms with Crippen LogP contribution in [0.3, 0.4) is 0 Å². The molecule has 0 radical (unpaired) electrons. The number of aliphatic carboxylic acids is 1. The van der Waals surface area contributed by atoms with Crippen molar-refractivity contribution in [1.82, 2.24) is 15.6 Å². The largest absolute Gasteiger partial charge is 0.480 e. The van der Waals surface area contributed by atoms with Crippen molar-refractivity contribution in [3.63, 3.8) is 0 Å². The second-order valence-corrected chi connectivity index (χ2v) is 4.43. The zero-order chi connectivity index (χ0) is 15.0. The van der Waals surface area contributed by atoms with Gasteiger partial charge >= 0.3 is 12.0 Å². The van der Waals surface area contributed by atoms with Gasteiger partial charge in [0.05, 0.1) is 12.7 Å². The molecule has 112 valence electrons. The van der Waals surface area contributed by atoms with Crippen molar-refractivity contribution in [2.45, 2.75) is 52.1 Å². The van der Waals surface area contributed by atoms with E-state index in [1.54, 1.807) is 6.20 Å². The number of urea groups is 1. The van der Waals surface area contributed by atoms with Crippen LogP contribution >= 0.6 is 0 Å². The van der Waals surface area contributed by atoms with E-state index < -0.39 is 18.0 Å². The predicted molar refractivity (Wildman–Crippen MR) is 72.2 cm³/mol. The van der Waals surface area contributed by atoms with E-state index in [1.165, 1.54) is 0 Å². The molecule has 1 rings (SSSR count). The number of carboxylic acids is 1. The fraction of sp³-hybridized carbons (Fsp3) is 0.615. The highest BCUT2D eigenvalue weighted by Crippen LogP contribution is 2.04. The van der Waals surface area contributed by atoms with E-state index in [1.807, 2.05) is 13.8 Å². The Morgan fingerprint density at radius 1 is 1.45 bits per heavy atom. The first-order valence-electron chi connectivity index (χ1n) is 6.77. The lowest BCUT2D eigenvalue weighted by molar-refractivity contribution is -0.139. The molecule has 20 heavy (non-hydrogen) atoms. The van der Waals surface area contributed by atoms with Crippen molar-refractivity contribution in [2.24, 2.45) is 0 Å². The molecule has 1 heterocycles. The van der Waals surface area contributed by atoms with Crippen LogP contribution in [0.25, 0.3) is 0 Å². The number of nitrogens with zero attached hydrogens (tertiary/aromatic N) is 1. The molecular weight excluding hydrogens is 262 g/mol. The lowest BCUT2D eigenvalue weighted by Gasteiger charge is -2.14. The molecule has 0 bridgehead atoms. The Labute approximate surface area is 117 Å². The molecule has 0 aromatic carbocycles. The summed E-state index contributed by atoms with van der Waals surface area (Å²) in [5, 5.41) is 13.9. The van der Waals surface area contributed by atoms with E-state index in [4.69, 9.17) is 9.52 Å². The Bertz CT molecular complexity index is 445. The Hall–Kier alpha value is -2.05. The van der Waals surface area contributed by atoms with E-state index in [2.05, 4.69) is 15.6 Å². The monoisotopic (exact) mass is 283 g/mol. The van der Waals surface area contributed by atoms with Gasteiger partial charge in [-0.1, -0.05) is 26.7 Å². The lowest BCUT2D eigenvalue weighted by atomic mass is 10.1. The van der Waals surface area contributed by atoms with E-state index >= 15 is 0 Å². The third-order valence-electron chi connectivity index (χ3n) is 2.80. The maximum atomic E-state index is 11.6. The van der Waals surface area contributed by atoms with Crippen molar-refractivity contribution < 1.29 is 19.1 Å². The highest BCUT2D eigenvalue weighted by Gasteiger charge is 2.19. The molecule has 0 fully saturated rings. The number of unbranched alkanes of at least 4 members (excludes halogenated alkanes) is 1. The van der Waals surface area contributed by atoms with Crippen LogP contribution in [0.15, 0.2) is 10.6 Å². The molecule has 0 aliphatic rings. The van der Waals surface area contributed by atoms with Gasteiger partial charge in [0.15, 0.2) is 0 Å². The summed E-state index contributed by atoms with van der Waals surface area (Å²) < 4.78 is 5.33. The number of aryl methyl sites for hydroxylation is 1. The van der Waals surface area contributed by atoms with E-state index in [9.17, 15) is 9.59 Å². The highest BCUT2D eigenvalue weighted by molar-refractivity contribution is 5.82. The number of oxazole rings is 1.